The highest BCUT2D eigenvalue weighted by molar-refractivity contribution is 5.95. The summed E-state index contributed by atoms with van der Waals surface area (Å²) in [6.45, 7) is 6.00. The van der Waals surface area contributed by atoms with E-state index in [4.69, 9.17) is 4.74 Å². The Kier molecular flexibility index (Phi) is 5.44. The fourth-order valence-corrected chi connectivity index (χ4v) is 3.82. The number of piperidine rings is 1. The second-order valence-electron chi connectivity index (χ2n) is 7.00. The van der Waals surface area contributed by atoms with Crippen molar-refractivity contribution in [2.24, 2.45) is 0 Å². The summed E-state index contributed by atoms with van der Waals surface area (Å²) in [4.78, 5) is 24.7. The van der Waals surface area contributed by atoms with Gasteiger partial charge in [-0.3, -0.25) is 10.1 Å². The number of carbonyl (C=O) groups excluding carboxylic acids is 1. The lowest BCUT2D eigenvalue weighted by Crippen LogP contribution is -2.33. The summed E-state index contributed by atoms with van der Waals surface area (Å²) < 4.78 is 4.71. The van der Waals surface area contributed by atoms with E-state index in [1.165, 1.54) is 29.9 Å². The summed E-state index contributed by atoms with van der Waals surface area (Å²) in [6.07, 6.45) is 2.02. The van der Waals surface area contributed by atoms with Gasteiger partial charge in [0.1, 0.15) is 5.56 Å². The van der Waals surface area contributed by atoms with Crippen molar-refractivity contribution in [3.05, 3.63) is 68.8 Å². The number of nitro benzene ring substituents is 1. The Labute approximate surface area is 158 Å². The molecule has 3 rings (SSSR count). The maximum atomic E-state index is 11.9. The highest BCUT2D eigenvalue weighted by Gasteiger charge is 2.26. The minimum absolute atomic E-state index is 0.00310. The van der Waals surface area contributed by atoms with Crippen LogP contribution in [0.4, 0.5) is 11.4 Å². The van der Waals surface area contributed by atoms with Gasteiger partial charge in [0.15, 0.2) is 0 Å². The van der Waals surface area contributed by atoms with Gasteiger partial charge in [0.25, 0.3) is 5.69 Å². The standard InChI is InChI=1S/C21H24N2O4/c1-14-5-4-6-18(15(14)2)16-9-11-22(12-10-16)17-7-8-20(23(25)26)19(13-17)21(24)27-3/h4-8,13,16H,9-12H2,1-3H3. The van der Waals surface area contributed by atoms with Gasteiger partial charge < -0.3 is 9.64 Å². The Hall–Kier alpha value is -2.89. The van der Waals surface area contributed by atoms with E-state index < -0.39 is 10.9 Å². The normalized spacial score (nSPS) is 14.9. The lowest BCUT2D eigenvalue weighted by atomic mass is 9.85. The molecule has 1 saturated heterocycles. The molecular formula is C21H24N2O4. The van der Waals surface area contributed by atoms with E-state index in [0.29, 0.717) is 5.92 Å². The fourth-order valence-electron chi connectivity index (χ4n) is 3.82. The smallest absolute Gasteiger partial charge is 0.344 e. The van der Waals surface area contributed by atoms with Crippen LogP contribution in [0.15, 0.2) is 36.4 Å². The third-order valence-electron chi connectivity index (χ3n) is 5.53. The molecule has 6 heteroatoms. The maximum absolute atomic E-state index is 11.9. The molecule has 0 spiro atoms. The van der Waals surface area contributed by atoms with Crippen LogP contribution in [0.2, 0.25) is 0 Å². The van der Waals surface area contributed by atoms with Gasteiger partial charge >= 0.3 is 5.97 Å². The molecule has 0 radical (unpaired) electrons. The van der Waals surface area contributed by atoms with Gasteiger partial charge in [-0.05, 0) is 61.4 Å². The number of ether oxygens (including phenoxy) is 1. The molecule has 0 N–H and O–H groups in total. The zero-order valence-corrected chi connectivity index (χ0v) is 15.9. The van der Waals surface area contributed by atoms with Crippen LogP contribution in [-0.4, -0.2) is 31.1 Å². The lowest BCUT2D eigenvalue weighted by Gasteiger charge is -2.34. The third-order valence-corrected chi connectivity index (χ3v) is 5.53. The summed E-state index contributed by atoms with van der Waals surface area (Å²) in [5.74, 6) is -0.173. The number of nitro groups is 1. The summed E-state index contributed by atoms with van der Waals surface area (Å²) in [7, 11) is 1.23. The Bertz CT molecular complexity index is 870. The number of aryl methyl sites for hydroxylation is 1. The highest BCUT2D eigenvalue weighted by atomic mass is 16.6. The topological polar surface area (TPSA) is 72.7 Å². The van der Waals surface area contributed by atoms with E-state index in [2.05, 4.69) is 36.9 Å². The van der Waals surface area contributed by atoms with Crippen molar-refractivity contribution >= 4 is 17.3 Å². The van der Waals surface area contributed by atoms with E-state index >= 15 is 0 Å². The van der Waals surface area contributed by atoms with Gasteiger partial charge in [0.05, 0.1) is 12.0 Å². The Morgan fingerprint density at radius 1 is 1.19 bits per heavy atom. The first-order chi connectivity index (χ1) is 12.9. The number of hydrogen-bond acceptors (Lipinski definition) is 5. The zero-order chi connectivity index (χ0) is 19.6. The molecule has 1 aliphatic rings. The minimum atomic E-state index is -0.686. The van der Waals surface area contributed by atoms with E-state index in [0.717, 1.165) is 31.6 Å². The van der Waals surface area contributed by atoms with Crippen LogP contribution >= 0.6 is 0 Å². The Morgan fingerprint density at radius 2 is 1.89 bits per heavy atom. The maximum Gasteiger partial charge on any atom is 0.344 e. The number of esters is 1. The van der Waals surface area contributed by atoms with E-state index in [1.54, 1.807) is 12.1 Å². The molecular weight excluding hydrogens is 344 g/mol. The zero-order valence-electron chi connectivity index (χ0n) is 15.9. The molecule has 0 unspecified atom stereocenters. The number of hydrogen-bond donors (Lipinski definition) is 0. The summed E-state index contributed by atoms with van der Waals surface area (Å²) >= 11 is 0. The number of rotatable bonds is 4. The molecule has 0 atom stereocenters. The quantitative estimate of drug-likeness (QED) is 0.455. The third kappa shape index (κ3) is 3.79. The van der Waals surface area contributed by atoms with Crippen LogP contribution in [0, 0.1) is 24.0 Å². The van der Waals surface area contributed by atoms with Crippen molar-refractivity contribution < 1.29 is 14.5 Å². The van der Waals surface area contributed by atoms with Crippen LogP contribution in [0.3, 0.4) is 0 Å². The van der Waals surface area contributed by atoms with Gasteiger partial charge in [0.2, 0.25) is 0 Å². The van der Waals surface area contributed by atoms with Crippen LogP contribution in [0.5, 0.6) is 0 Å². The second-order valence-corrected chi connectivity index (χ2v) is 7.00. The summed E-state index contributed by atoms with van der Waals surface area (Å²) in [6, 6.07) is 11.1. The molecule has 2 aromatic rings. The predicted octanol–water partition coefficient (Wildman–Crippen LogP) is 4.38. The summed E-state index contributed by atoms with van der Waals surface area (Å²) in [5, 5.41) is 11.2. The fraction of sp³-hybridized carbons (Fsp3) is 0.381. The van der Waals surface area contributed by atoms with E-state index in [-0.39, 0.29) is 11.3 Å². The molecule has 0 aliphatic carbocycles. The highest BCUT2D eigenvalue weighted by Crippen LogP contribution is 2.34. The van der Waals surface area contributed by atoms with Crippen molar-refractivity contribution in [1.29, 1.82) is 0 Å². The first-order valence-corrected chi connectivity index (χ1v) is 9.10. The van der Waals surface area contributed by atoms with Crippen molar-refractivity contribution in [2.75, 3.05) is 25.1 Å². The Balaban J connectivity index is 1.79. The lowest BCUT2D eigenvalue weighted by molar-refractivity contribution is -0.385. The molecule has 6 nitrogen and oxygen atoms in total. The molecule has 1 fully saturated rings. The van der Waals surface area contributed by atoms with E-state index in [9.17, 15) is 14.9 Å². The molecule has 0 saturated carbocycles. The number of anilines is 1. The minimum Gasteiger partial charge on any atom is -0.465 e. The van der Waals surface area contributed by atoms with Crippen LogP contribution < -0.4 is 4.90 Å². The van der Waals surface area contributed by atoms with Crippen molar-refractivity contribution in [2.45, 2.75) is 32.6 Å². The largest absolute Gasteiger partial charge is 0.465 e. The number of methoxy groups -OCH3 is 1. The summed E-state index contributed by atoms with van der Waals surface area (Å²) in [5.41, 5.74) is 4.67. The van der Waals surface area contributed by atoms with Gasteiger partial charge in [0, 0.05) is 24.8 Å². The van der Waals surface area contributed by atoms with Gasteiger partial charge in [-0.2, -0.15) is 0 Å². The molecule has 27 heavy (non-hydrogen) atoms. The van der Waals surface area contributed by atoms with Crippen LogP contribution in [0.1, 0.15) is 45.8 Å². The van der Waals surface area contributed by atoms with Gasteiger partial charge in [-0.1, -0.05) is 18.2 Å². The number of benzene rings is 2. The number of nitrogens with zero attached hydrogens (tertiary/aromatic N) is 2. The molecule has 0 bridgehead atoms. The average molecular weight is 368 g/mol. The van der Waals surface area contributed by atoms with Crippen LogP contribution in [0.25, 0.3) is 0 Å². The van der Waals surface area contributed by atoms with Gasteiger partial charge in [-0.15, -0.1) is 0 Å². The number of carbonyl (C=O) groups is 1. The second kappa shape index (κ2) is 7.78. The van der Waals surface area contributed by atoms with E-state index in [1.807, 2.05) is 0 Å². The van der Waals surface area contributed by atoms with Crippen molar-refractivity contribution in [3.8, 4) is 0 Å². The van der Waals surface area contributed by atoms with Gasteiger partial charge in [-0.25, -0.2) is 4.79 Å². The first-order valence-electron chi connectivity index (χ1n) is 9.10. The van der Waals surface area contributed by atoms with Crippen molar-refractivity contribution in [1.82, 2.24) is 0 Å². The molecule has 2 aromatic carbocycles. The molecule has 0 amide bonds. The first kappa shape index (κ1) is 18.9. The SMILES string of the molecule is COC(=O)c1cc(N2CCC(c3cccc(C)c3C)CC2)ccc1[N+](=O)[O-]. The van der Waals surface area contributed by atoms with Crippen LogP contribution in [-0.2, 0) is 4.74 Å². The molecule has 0 aromatic heterocycles. The Morgan fingerprint density at radius 3 is 2.52 bits per heavy atom. The average Bonchev–Trinajstić information content (AvgIpc) is 2.69. The monoisotopic (exact) mass is 368 g/mol. The predicted molar refractivity (Wildman–Crippen MR) is 105 cm³/mol. The van der Waals surface area contributed by atoms with Crippen molar-refractivity contribution in [3.63, 3.8) is 0 Å². The molecule has 1 aliphatic heterocycles. The molecule has 1 heterocycles. The molecule has 142 valence electrons.